The first-order valence-corrected chi connectivity index (χ1v) is 4.35. The fraction of sp³-hybridized carbons (Fsp3) is 0.455. The highest BCUT2D eigenvalue weighted by Crippen LogP contribution is 2.19. The molecule has 0 unspecified atom stereocenters. The van der Waals surface area contributed by atoms with Crippen LogP contribution in [0.5, 0.6) is 5.75 Å². The highest BCUT2D eigenvalue weighted by atomic mass is 19.1. The number of hydrogen-bond donors (Lipinski definition) is 0. The van der Waals surface area contributed by atoms with Gasteiger partial charge in [0.15, 0.2) is 0 Å². The van der Waals surface area contributed by atoms with Crippen LogP contribution < -0.4 is 4.74 Å². The van der Waals surface area contributed by atoms with E-state index in [9.17, 15) is 4.39 Å². The van der Waals surface area contributed by atoms with Gasteiger partial charge in [-0.05, 0) is 38.5 Å². The highest BCUT2D eigenvalue weighted by Gasteiger charge is 2.11. The number of alkyl halides is 1. The van der Waals surface area contributed by atoms with E-state index in [4.69, 9.17) is 4.74 Å². The van der Waals surface area contributed by atoms with Crippen LogP contribution in [0.1, 0.15) is 26.3 Å². The Kier molecular flexibility index (Phi) is 2.91. The second kappa shape index (κ2) is 3.77. The fourth-order valence-corrected chi connectivity index (χ4v) is 1.05. The van der Waals surface area contributed by atoms with Crippen molar-refractivity contribution in [1.29, 1.82) is 0 Å². The quantitative estimate of drug-likeness (QED) is 0.681. The molecule has 1 rings (SSSR count). The molecule has 0 saturated heterocycles. The molecule has 0 aliphatic carbocycles. The molecule has 0 fully saturated rings. The van der Waals surface area contributed by atoms with Crippen LogP contribution in [0.2, 0.25) is 0 Å². The predicted molar refractivity (Wildman–Crippen MR) is 51.6 cm³/mol. The summed E-state index contributed by atoms with van der Waals surface area (Å²) in [6.07, 6.45) is 0. The number of halogens is 1. The van der Waals surface area contributed by atoms with Gasteiger partial charge in [-0.1, -0.05) is 12.1 Å². The molecule has 13 heavy (non-hydrogen) atoms. The summed E-state index contributed by atoms with van der Waals surface area (Å²) in [5.74, 6) is 0.725. The Labute approximate surface area is 78.5 Å². The average molecular weight is 182 g/mol. The van der Waals surface area contributed by atoms with Gasteiger partial charge in [0.05, 0.1) is 0 Å². The van der Waals surface area contributed by atoms with Gasteiger partial charge in [0.1, 0.15) is 18.0 Å². The average Bonchev–Trinajstić information content (AvgIpc) is 2.01. The molecule has 0 saturated carbocycles. The van der Waals surface area contributed by atoms with E-state index in [2.05, 4.69) is 0 Å². The van der Waals surface area contributed by atoms with Gasteiger partial charge in [-0.3, -0.25) is 0 Å². The smallest absolute Gasteiger partial charge is 0.120 e. The van der Waals surface area contributed by atoms with Crippen molar-refractivity contribution in [1.82, 2.24) is 0 Å². The zero-order valence-electron chi connectivity index (χ0n) is 8.30. The standard InChI is InChI=1S/C11H15FO/c1-11(2,3)13-10-6-4-5-9(7-10)8-12/h4-7H,8H2,1-3H3. The Morgan fingerprint density at radius 1 is 1.31 bits per heavy atom. The van der Waals surface area contributed by atoms with Gasteiger partial charge >= 0.3 is 0 Å². The van der Waals surface area contributed by atoms with E-state index in [0.717, 1.165) is 5.75 Å². The highest BCUT2D eigenvalue weighted by molar-refractivity contribution is 5.28. The van der Waals surface area contributed by atoms with Crippen molar-refractivity contribution in [3.8, 4) is 5.75 Å². The van der Waals surface area contributed by atoms with Crippen molar-refractivity contribution in [2.24, 2.45) is 0 Å². The first-order valence-electron chi connectivity index (χ1n) is 4.35. The molecule has 72 valence electrons. The third-order valence-electron chi connectivity index (χ3n) is 1.48. The van der Waals surface area contributed by atoms with Gasteiger partial charge in [0.2, 0.25) is 0 Å². The maximum absolute atomic E-state index is 12.3. The lowest BCUT2D eigenvalue weighted by atomic mass is 10.2. The molecule has 0 aromatic heterocycles. The molecule has 0 N–H and O–H groups in total. The third-order valence-corrected chi connectivity index (χ3v) is 1.48. The van der Waals surface area contributed by atoms with E-state index < -0.39 is 6.67 Å². The number of benzene rings is 1. The van der Waals surface area contributed by atoms with E-state index in [0.29, 0.717) is 5.56 Å². The van der Waals surface area contributed by atoms with Crippen LogP contribution in [-0.2, 0) is 6.67 Å². The van der Waals surface area contributed by atoms with Crippen molar-refractivity contribution in [3.63, 3.8) is 0 Å². The minimum atomic E-state index is -0.443. The zero-order chi connectivity index (χ0) is 9.90. The van der Waals surface area contributed by atoms with Crippen molar-refractivity contribution < 1.29 is 9.13 Å². The Bertz CT molecular complexity index is 276. The molecule has 1 aromatic carbocycles. The second-order valence-corrected chi connectivity index (χ2v) is 4.00. The van der Waals surface area contributed by atoms with Gasteiger partial charge in [-0.15, -0.1) is 0 Å². The molecular formula is C11H15FO. The topological polar surface area (TPSA) is 9.23 Å². The SMILES string of the molecule is CC(C)(C)Oc1cccc(CF)c1. The first kappa shape index (κ1) is 10.0. The van der Waals surface area contributed by atoms with Crippen molar-refractivity contribution in [3.05, 3.63) is 29.8 Å². The van der Waals surface area contributed by atoms with E-state index >= 15 is 0 Å². The zero-order valence-corrected chi connectivity index (χ0v) is 8.30. The maximum atomic E-state index is 12.3. The molecule has 0 aliphatic rings. The normalized spacial score (nSPS) is 11.4. The molecular weight excluding hydrogens is 167 g/mol. The second-order valence-electron chi connectivity index (χ2n) is 4.00. The van der Waals surface area contributed by atoms with Gasteiger partial charge in [0.25, 0.3) is 0 Å². The minimum Gasteiger partial charge on any atom is -0.488 e. The first-order chi connectivity index (χ1) is 6.01. The van der Waals surface area contributed by atoms with E-state index in [-0.39, 0.29) is 5.60 Å². The molecule has 1 nitrogen and oxygen atoms in total. The largest absolute Gasteiger partial charge is 0.488 e. The predicted octanol–water partition coefficient (Wildman–Crippen LogP) is 3.33. The van der Waals surface area contributed by atoms with E-state index in [1.165, 1.54) is 0 Å². The summed E-state index contributed by atoms with van der Waals surface area (Å²) >= 11 is 0. The molecule has 0 radical (unpaired) electrons. The lowest BCUT2D eigenvalue weighted by Gasteiger charge is -2.21. The summed E-state index contributed by atoms with van der Waals surface area (Å²) in [4.78, 5) is 0. The molecule has 0 aliphatic heterocycles. The minimum absolute atomic E-state index is 0.227. The van der Waals surface area contributed by atoms with Crippen LogP contribution in [0.15, 0.2) is 24.3 Å². The van der Waals surface area contributed by atoms with Crippen LogP contribution in [0.3, 0.4) is 0 Å². The van der Waals surface area contributed by atoms with Crippen LogP contribution in [0.25, 0.3) is 0 Å². The summed E-state index contributed by atoms with van der Waals surface area (Å²) in [5, 5.41) is 0. The van der Waals surface area contributed by atoms with Crippen molar-refractivity contribution >= 4 is 0 Å². The van der Waals surface area contributed by atoms with Crippen LogP contribution >= 0.6 is 0 Å². The van der Waals surface area contributed by atoms with E-state index in [1.54, 1.807) is 18.2 Å². The van der Waals surface area contributed by atoms with Gasteiger partial charge < -0.3 is 4.74 Å². The Hall–Kier alpha value is -1.05. The lowest BCUT2D eigenvalue weighted by Crippen LogP contribution is -2.22. The summed E-state index contributed by atoms with van der Waals surface area (Å²) in [7, 11) is 0. The maximum Gasteiger partial charge on any atom is 0.120 e. The monoisotopic (exact) mass is 182 g/mol. The Balaban J connectivity index is 2.78. The van der Waals surface area contributed by atoms with Crippen molar-refractivity contribution in [2.45, 2.75) is 33.0 Å². The molecule has 0 amide bonds. The molecule has 2 heteroatoms. The molecule has 0 spiro atoms. The van der Waals surface area contributed by atoms with Crippen LogP contribution in [0, 0.1) is 0 Å². The van der Waals surface area contributed by atoms with Crippen LogP contribution in [0.4, 0.5) is 4.39 Å². The van der Waals surface area contributed by atoms with Gasteiger partial charge in [-0.25, -0.2) is 4.39 Å². The van der Waals surface area contributed by atoms with Crippen LogP contribution in [-0.4, -0.2) is 5.60 Å². The summed E-state index contributed by atoms with van der Waals surface area (Å²) in [6.45, 7) is 5.46. The van der Waals surface area contributed by atoms with Crippen molar-refractivity contribution in [2.75, 3.05) is 0 Å². The number of ether oxygens (including phenoxy) is 1. The Morgan fingerprint density at radius 3 is 2.54 bits per heavy atom. The van der Waals surface area contributed by atoms with E-state index in [1.807, 2.05) is 26.8 Å². The molecule has 0 heterocycles. The summed E-state index contributed by atoms with van der Waals surface area (Å²) in [5.41, 5.74) is 0.427. The molecule has 0 bridgehead atoms. The van der Waals surface area contributed by atoms with Gasteiger partial charge in [-0.2, -0.15) is 0 Å². The molecule has 1 aromatic rings. The molecule has 0 atom stereocenters. The third kappa shape index (κ3) is 3.45. The van der Waals surface area contributed by atoms with Gasteiger partial charge in [0, 0.05) is 0 Å². The Morgan fingerprint density at radius 2 is 2.00 bits per heavy atom. The fourth-order valence-electron chi connectivity index (χ4n) is 1.05. The lowest BCUT2D eigenvalue weighted by molar-refractivity contribution is 0.130. The number of hydrogen-bond acceptors (Lipinski definition) is 1. The summed E-state index contributed by atoms with van der Waals surface area (Å²) < 4.78 is 17.9. The number of rotatable bonds is 2. The summed E-state index contributed by atoms with van der Waals surface area (Å²) in [6, 6.07) is 7.11.